The maximum atomic E-state index is 11.5. The highest BCUT2D eigenvalue weighted by Crippen LogP contribution is 2.47. The van der Waals surface area contributed by atoms with Crippen LogP contribution in [0.15, 0.2) is 67.0 Å². The predicted molar refractivity (Wildman–Crippen MR) is 200 cm³/mol. The first kappa shape index (κ1) is 38.0. The van der Waals surface area contributed by atoms with Crippen LogP contribution in [0.5, 0.6) is 17.2 Å². The number of aliphatic hydroxyl groups excluding tert-OH is 2. The molecule has 3 aromatic carbocycles. The molecule has 12 heteroatoms. The first-order valence-corrected chi connectivity index (χ1v) is 18.2. The van der Waals surface area contributed by atoms with Gasteiger partial charge in [0.25, 0.3) is 0 Å². The summed E-state index contributed by atoms with van der Waals surface area (Å²) < 4.78 is 18.9. The number of likely N-dealkylation sites (tertiary alicyclic amines) is 1. The molecule has 0 amide bonds. The molecule has 1 saturated carbocycles. The van der Waals surface area contributed by atoms with Crippen LogP contribution in [0.25, 0.3) is 11.1 Å². The zero-order valence-corrected chi connectivity index (χ0v) is 30.7. The largest absolute Gasteiger partial charge is 0.493 e. The lowest BCUT2D eigenvalue weighted by Crippen LogP contribution is -2.39. The molecule has 2 heterocycles. The third kappa shape index (κ3) is 9.46. The monoisotopic (exact) mass is 740 g/mol. The lowest BCUT2D eigenvalue weighted by molar-refractivity contribution is -0.140. The number of aliphatic hydroxyl groups is 2. The van der Waals surface area contributed by atoms with Crippen LogP contribution in [0.4, 0.5) is 0 Å². The van der Waals surface area contributed by atoms with Gasteiger partial charge in [-0.05, 0) is 79.1 Å². The number of rotatable bonds is 17. The molecule has 1 aliphatic carbocycles. The summed E-state index contributed by atoms with van der Waals surface area (Å²) in [5, 5.41) is 41.3. The Hall–Kier alpha value is -4.70. The third-order valence-corrected chi connectivity index (χ3v) is 10.4. The van der Waals surface area contributed by atoms with Crippen molar-refractivity contribution in [3.8, 4) is 34.4 Å². The SMILES string of the molecule is Cc1c(COc2cc(OCc3cncc(C#N)c3)c(CNC(CO)C(=O)O)cc2Cl)cccc1-c1cccc(OCC2(CN3CCC(O)C3)CC2)c1C. The van der Waals surface area contributed by atoms with E-state index in [2.05, 4.69) is 47.3 Å². The van der Waals surface area contributed by atoms with Crippen molar-refractivity contribution < 1.29 is 34.3 Å². The molecular weight excluding hydrogens is 696 g/mol. The molecule has 2 unspecified atom stereocenters. The molecule has 0 spiro atoms. The molecule has 2 aliphatic rings. The number of ether oxygens (including phenoxy) is 3. The summed E-state index contributed by atoms with van der Waals surface area (Å²) in [5.74, 6) is 0.452. The van der Waals surface area contributed by atoms with E-state index in [9.17, 15) is 25.4 Å². The zero-order valence-electron chi connectivity index (χ0n) is 30.0. The Labute approximate surface area is 314 Å². The van der Waals surface area contributed by atoms with Crippen molar-refractivity contribution in [3.63, 3.8) is 0 Å². The van der Waals surface area contributed by atoms with Crippen molar-refractivity contribution in [2.75, 3.05) is 32.8 Å². The average molecular weight is 741 g/mol. The molecule has 1 aliphatic heterocycles. The van der Waals surface area contributed by atoms with Crippen molar-refractivity contribution in [1.82, 2.24) is 15.2 Å². The molecule has 1 saturated heterocycles. The number of hydrogen-bond acceptors (Lipinski definition) is 10. The van der Waals surface area contributed by atoms with Gasteiger partial charge in [-0.1, -0.05) is 41.9 Å². The van der Waals surface area contributed by atoms with E-state index in [0.29, 0.717) is 39.8 Å². The lowest BCUT2D eigenvalue weighted by atomic mass is 9.93. The number of aromatic nitrogens is 1. The quantitative estimate of drug-likeness (QED) is 0.104. The highest BCUT2D eigenvalue weighted by atomic mass is 35.5. The summed E-state index contributed by atoms with van der Waals surface area (Å²) in [7, 11) is 0. The number of nitrogens with one attached hydrogen (secondary N) is 1. The van der Waals surface area contributed by atoms with Crippen molar-refractivity contribution in [1.29, 1.82) is 5.26 Å². The smallest absolute Gasteiger partial charge is 0.323 e. The molecule has 4 aromatic rings. The van der Waals surface area contributed by atoms with E-state index in [0.717, 1.165) is 72.5 Å². The topological polar surface area (TPSA) is 157 Å². The Morgan fingerprint density at radius 1 is 1.02 bits per heavy atom. The van der Waals surface area contributed by atoms with Crippen LogP contribution in [0.1, 0.15) is 52.6 Å². The molecular formula is C41H45ClN4O7. The van der Waals surface area contributed by atoms with Gasteiger partial charge in [-0.25, -0.2) is 0 Å². The highest BCUT2D eigenvalue weighted by molar-refractivity contribution is 6.32. The van der Waals surface area contributed by atoms with Crippen LogP contribution in [-0.2, 0) is 24.6 Å². The van der Waals surface area contributed by atoms with Gasteiger partial charge in [0.1, 0.15) is 42.6 Å². The Morgan fingerprint density at radius 3 is 2.47 bits per heavy atom. The van der Waals surface area contributed by atoms with Crippen LogP contribution in [0, 0.1) is 30.6 Å². The van der Waals surface area contributed by atoms with Crippen LogP contribution < -0.4 is 19.5 Å². The van der Waals surface area contributed by atoms with E-state index in [-0.39, 0.29) is 31.3 Å². The van der Waals surface area contributed by atoms with Crippen LogP contribution in [-0.4, -0.2) is 76.2 Å². The summed E-state index contributed by atoms with van der Waals surface area (Å²) in [4.78, 5) is 18.0. The molecule has 1 aromatic heterocycles. The average Bonchev–Trinajstić information content (AvgIpc) is 3.80. The Kier molecular flexibility index (Phi) is 12.2. The van der Waals surface area contributed by atoms with Crippen molar-refractivity contribution in [3.05, 3.63) is 105 Å². The number of benzene rings is 3. The highest BCUT2D eigenvalue weighted by Gasteiger charge is 2.45. The fourth-order valence-electron chi connectivity index (χ4n) is 6.75. The summed E-state index contributed by atoms with van der Waals surface area (Å²) in [6.07, 6.45) is 5.96. The Balaban J connectivity index is 1.17. The summed E-state index contributed by atoms with van der Waals surface area (Å²) >= 11 is 6.71. The van der Waals surface area contributed by atoms with E-state index in [1.807, 2.05) is 24.3 Å². The predicted octanol–water partition coefficient (Wildman–Crippen LogP) is 5.81. The van der Waals surface area contributed by atoms with Crippen LogP contribution in [0.2, 0.25) is 5.02 Å². The third-order valence-electron chi connectivity index (χ3n) is 10.2. The van der Waals surface area contributed by atoms with Gasteiger partial charge < -0.3 is 29.5 Å². The van der Waals surface area contributed by atoms with E-state index < -0.39 is 18.6 Å². The number of hydrogen-bond donors (Lipinski definition) is 4. The van der Waals surface area contributed by atoms with Gasteiger partial charge >= 0.3 is 5.97 Å². The number of halogens is 1. The van der Waals surface area contributed by atoms with E-state index in [4.69, 9.17) is 25.8 Å². The molecule has 4 N–H and O–H groups in total. The lowest BCUT2D eigenvalue weighted by Gasteiger charge is -2.24. The van der Waals surface area contributed by atoms with Crippen LogP contribution in [0.3, 0.4) is 0 Å². The molecule has 11 nitrogen and oxygen atoms in total. The minimum Gasteiger partial charge on any atom is -0.493 e. The van der Waals surface area contributed by atoms with Gasteiger partial charge in [0.2, 0.25) is 0 Å². The van der Waals surface area contributed by atoms with Crippen molar-refractivity contribution >= 4 is 17.6 Å². The summed E-state index contributed by atoms with van der Waals surface area (Å²) in [6.45, 7) is 7.24. The van der Waals surface area contributed by atoms with Crippen molar-refractivity contribution in [2.45, 2.75) is 65.0 Å². The van der Waals surface area contributed by atoms with Gasteiger partial charge in [-0.15, -0.1) is 0 Å². The second kappa shape index (κ2) is 17.0. The maximum absolute atomic E-state index is 11.5. The van der Waals surface area contributed by atoms with Gasteiger partial charge in [-0.3, -0.25) is 20.0 Å². The van der Waals surface area contributed by atoms with Gasteiger partial charge in [0.05, 0.1) is 29.9 Å². The summed E-state index contributed by atoms with van der Waals surface area (Å²) in [6, 6.07) is 18.2. The van der Waals surface area contributed by atoms with Gasteiger partial charge in [0.15, 0.2) is 0 Å². The number of pyridine rings is 1. The molecule has 53 heavy (non-hydrogen) atoms. The Bertz CT molecular complexity index is 1980. The molecule has 2 fully saturated rings. The van der Waals surface area contributed by atoms with Gasteiger partial charge in [-0.2, -0.15) is 5.26 Å². The minimum absolute atomic E-state index is 0.0518. The van der Waals surface area contributed by atoms with E-state index in [1.165, 1.54) is 6.20 Å². The number of carboxylic acid groups (broad SMARTS) is 1. The maximum Gasteiger partial charge on any atom is 0.323 e. The summed E-state index contributed by atoms with van der Waals surface area (Å²) in [5.41, 5.74) is 7.03. The number of carbonyl (C=O) groups is 1. The van der Waals surface area contributed by atoms with E-state index in [1.54, 1.807) is 24.4 Å². The van der Waals surface area contributed by atoms with Gasteiger partial charge in [0, 0.05) is 61.2 Å². The number of nitrogens with zero attached hydrogens (tertiary/aromatic N) is 3. The van der Waals surface area contributed by atoms with Crippen LogP contribution >= 0.6 is 11.6 Å². The zero-order chi connectivity index (χ0) is 37.5. The fraction of sp³-hybridized carbons (Fsp3) is 0.390. The number of aliphatic carboxylic acids is 1. The fourth-order valence-corrected chi connectivity index (χ4v) is 6.99. The normalized spacial score (nSPS) is 16.9. The standard InChI is InChI=1S/C41H45ClN4O7/c1-26-30(5-3-6-33(26)34-7-4-8-37(27(34)2)53-25-41(10-11-41)24-46-12-9-32(48)20-46)23-52-39-15-38(51-22-29-13-28(16-43)17-44-18-29)31(14-35(39)42)19-45-36(21-47)40(49)50/h3-8,13-15,17-18,32,36,45,47-48H,9-12,19-25H2,1-2H3,(H,49,50). The number of carboxylic acids is 1. The Morgan fingerprint density at radius 2 is 1.77 bits per heavy atom. The first-order valence-electron chi connectivity index (χ1n) is 17.8. The number of β-amino-alcohol motifs (C(OH)–C–C–N with tert-alkyl or cyclic N) is 1. The van der Waals surface area contributed by atoms with Crippen molar-refractivity contribution in [2.24, 2.45) is 5.41 Å². The molecule has 0 radical (unpaired) electrons. The van der Waals surface area contributed by atoms with E-state index >= 15 is 0 Å². The first-order chi connectivity index (χ1) is 25.6. The molecule has 278 valence electrons. The molecule has 6 rings (SSSR count). The number of nitriles is 1. The second-order valence-electron chi connectivity index (χ2n) is 14.1. The minimum atomic E-state index is -1.19. The molecule has 2 atom stereocenters. The molecule has 0 bridgehead atoms. The second-order valence-corrected chi connectivity index (χ2v) is 14.5.